The van der Waals surface area contributed by atoms with Crippen molar-refractivity contribution < 1.29 is 28.2 Å². The topological polar surface area (TPSA) is 73.1 Å². The number of aliphatic hydroxyl groups is 2. The lowest BCUT2D eigenvalue weighted by molar-refractivity contribution is -0.303. The Morgan fingerprint density at radius 2 is 2.00 bits per heavy atom. The summed E-state index contributed by atoms with van der Waals surface area (Å²) < 4.78 is 39.4. The van der Waals surface area contributed by atoms with Crippen LogP contribution in [0.25, 0.3) is 0 Å². The van der Waals surface area contributed by atoms with Crippen LogP contribution in [0.1, 0.15) is 31.4 Å². The van der Waals surface area contributed by atoms with Crippen molar-refractivity contribution in [3.05, 3.63) is 35.9 Å². The van der Waals surface area contributed by atoms with Gasteiger partial charge in [-0.2, -0.15) is 23.3 Å². The zero-order chi connectivity index (χ0) is 16.5. The average molecular weight is 316 g/mol. The molecule has 0 fully saturated rings. The van der Waals surface area contributed by atoms with E-state index >= 15 is 0 Å². The molecule has 22 heavy (non-hydrogen) atoms. The number of rotatable bonds is 3. The Bertz CT molecular complexity index is 589. The van der Waals surface area contributed by atoms with Crippen LogP contribution in [0.3, 0.4) is 0 Å². The van der Waals surface area contributed by atoms with Gasteiger partial charge in [-0.05, 0) is 12.0 Å². The van der Waals surface area contributed by atoms with Crippen LogP contribution in [0.5, 0.6) is 0 Å². The Morgan fingerprint density at radius 1 is 1.41 bits per heavy atom. The van der Waals surface area contributed by atoms with Gasteiger partial charge in [0.1, 0.15) is 0 Å². The van der Waals surface area contributed by atoms with Crippen molar-refractivity contribution >= 4 is 11.6 Å². The first kappa shape index (κ1) is 16.4. The molecule has 1 aliphatic heterocycles. The summed E-state index contributed by atoms with van der Waals surface area (Å²) in [5, 5.41) is 23.4. The number of hydrogen-bond acceptors (Lipinski definition) is 4. The monoisotopic (exact) mass is 316 g/mol. The Balaban J connectivity index is 2.35. The smallest absolute Gasteiger partial charge is 0.378 e. The van der Waals surface area contributed by atoms with Crippen molar-refractivity contribution in [3.63, 3.8) is 0 Å². The first-order valence-corrected chi connectivity index (χ1v) is 6.63. The molecule has 2 N–H and O–H groups in total. The highest BCUT2D eigenvalue weighted by atomic mass is 19.4. The fourth-order valence-corrected chi connectivity index (χ4v) is 2.16. The van der Waals surface area contributed by atoms with Gasteiger partial charge in [0, 0.05) is 12.1 Å². The number of aliphatic hydroxyl groups excluding tert-OH is 1. The first-order valence-electron chi connectivity index (χ1n) is 6.63. The molecule has 0 aromatic heterocycles. The largest absolute Gasteiger partial charge is 0.438 e. The summed E-state index contributed by atoms with van der Waals surface area (Å²) in [6, 6.07) is 7.50. The van der Waals surface area contributed by atoms with Gasteiger partial charge in [0.2, 0.25) is 0 Å². The number of benzene rings is 1. The molecule has 0 saturated carbocycles. The second kappa shape index (κ2) is 5.69. The lowest BCUT2D eigenvalue weighted by atomic mass is 10.0. The van der Waals surface area contributed by atoms with Gasteiger partial charge in [-0.25, -0.2) is 0 Å². The van der Waals surface area contributed by atoms with E-state index in [1.54, 1.807) is 13.0 Å². The van der Waals surface area contributed by atoms with E-state index in [0.717, 1.165) is 0 Å². The highest BCUT2D eigenvalue weighted by Gasteiger charge is 2.63. The van der Waals surface area contributed by atoms with E-state index in [0.29, 0.717) is 0 Å². The van der Waals surface area contributed by atoms with Crippen LogP contribution in [-0.2, 0) is 4.79 Å². The molecular weight excluding hydrogens is 301 g/mol. The molecule has 0 spiro atoms. The predicted octanol–water partition coefficient (Wildman–Crippen LogP) is 1.97. The summed E-state index contributed by atoms with van der Waals surface area (Å²) in [4.78, 5) is 12.2. The Kier molecular flexibility index (Phi) is 4.25. The maximum absolute atomic E-state index is 13.1. The van der Waals surface area contributed by atoms with Gasteiger partial charge in [0.15, 0.2) is 6.10 Å². The molecule has 1 heterocycles. The molecule has 1 amide bonds. The Hall–Kier alpha value is -1.93. The highest BCUT2D eigenvalue weighted by Crippen LogP contribution is 2.41. The quantitative estimate of drug-likeness (QED) is 0.895. The SMILES string of the molecule is CCC1=NN(C(=O)[C@H](O)c2ccccc2)[C@](O)(C(F)(F)F)C1. The predicted molar refractivity (Wildman–Crippen MR) is 71.6 cm³/mol. The van der Waals surface area contributed by atoms with Crippen LogP contribution in [-0.4, -0.2) is 38.7 Å². The van der Waals surface area contributed by atoms with Crippen molar-refractivity contribution in [1.29, 1.82) is 0 Å². The van der Waals surface area contributed by atoms with Crippen molar-refractivity contribution in [2.24, 2.45) is 5.10 Å². The fourth-order valence-electron chi connectivity index (χ4n) is 2.16. The molecular formula is C14H15F3N2O3. The third-order valence-corrected chi connectivity index (χ3v) is 3.46. The van der Waals surface area contributed by atoms with Crippen molar-refractivity contribution in [2.45, 2.75) is 37.8 Å². The summed E-state index contributed by atoms with van der Waals surface area (Å²) in [7, 11) is 0. The zero-order valence-electron chi connectivity index (χ0n) is 11.7. The molecule has 1 aliphatic rings. The van der Waals surface area contributed by atoms with Crippen LogP contribution >= 0.6 is 0 Å². The Morgan fingerprint density at radius 3 is 2.50 bits per heavy atom. The molecule has 0 saturated heterocycles. The van der Waals surface area contributed by atoms with Crippen LogP contribution in [0, 0.1) is 0 Å². The molecule has 120 valence electrons. The molecule has 2 atom stereocenters. The number of alkyl halides is 3. The number of carbonyl (C=O) groups excluding carboxylic acids is 1. The lowest BCUT2D eigenvalue weighted by Crippen LogP contribution is -2.57. The molecule has 0 bridgehead atoms. The fraction of sp³-hybridized carbons (Fsp3) is 0.429. The van der Waals surface area contributed by atoms with E-state index in [9.17, 15) is 28.2 Å². The number of hydrazone groups is 1. The van der Waals surface area contributed by atoms with Gasteiger partial charge in [-0.15, -0.1) is 0 Å². The van der Waals surface area contributed by atoms with Crippen LogP contribution in [0.15, 0.2) is 35.4 Å². The summed E-state index contributed by atoms with van der Waals surface area (Å²) in [5.74, 6) is -1.32. The first-order chi connectivity index (χ1) is 10.2. The van der Waals surface area contributed by atoms with Crippen molar-refractivity contribution in [2.75, 3.05) is 0 Å². The molecule has 5 nitrogen and oxygen atoms in total. The van der Waals surface area contributed by atoms with E-state index in [2.05, 4.69) is 5.10 Å². The second-order valence-corrected chi connectivity index (χ2v) is 4.97. The number of carbonyl (C=O) groups is 1. The maximum Gasteiger partial charge on any atom is 0.438 e. The lowest BCUT2D eigenvalue weighted by Gasteiger charge is -2.33. The third-order valence-electron chi connectivity index (χ3n) is 3.46. The third kappa shape index (κ3) is 2.71. The normalized spacial score (nSPS) is 23.4. The van der Waals surface area contributed by atoms with E-state index in [4.69, 9.17) is 0 Å². The van der Waals surface area contributed by atoms with E-state index < -0.39 is 30.3 Å². The number of halogens is 3. The number of hydrogen-bond donors (Lipinski definition) is 2. The summed E-state index contributed by atoms with van der Waals surface area (Å²) >= 11 is 0. The number of amides is 1. The highest BCUT2D eigenvalue weighted by molar-refractivity contribution is 5.92. The van der Waals surface area contributed by atoms with Gasteiger partial charge in [0.25, 0.3) is 11.6 Å². The van der Waals surface area contributed by atoms with E-state index in [1.165, 1.54) is 24.3 Å². The molecule has 1 aromatic carbocycles. The van der Waals surface area contributed by atoms with Crippen LogP contribution < -0.4 is 0 Å². The average Bonchev–Trinajstić information content (AvgIpc) is 2.85. The minimum Gasteiger partial charge on any atom is -0.378 e. The molecule has 0 unspecified atom stereocenters. The molecule has 0 radical (unpaired) electrons. The standard InChI is InChI=1S/C14H15F3N2O3/c1-2-10-8-13(22,14(15,16)17)19(18-10)12(21)11(20)9-6-4-3-5-7-9/h3-7,11,20,22H,2,8H2,1H3/t11-,13-/m1/s1. The van der Waals surface area contributed by atoms with Crippen molar-refractivity contribution in [3.8, 4) is 0 Å². The van der Waals surface area contributed by atoms with Gasteiger partial charge in [-0.3, -0.25) is 4.79 Å². The molecule has 2 rings (SSSR count). The number of nitrogens with zero attached hydrogens (tertiary/aromatic N) is 2. The van der Waals surface area contributed by atoms with Gasteiger partial charge >= 0.3 is 6.18 Å². The molecule has 8 heteroatoms. The van der Waals surface area contributed by atoms with Gasteiger partial charge in [0.05, 0.1) is 0 Å². The van der Waals surface area contributed by atoms with Crippen LogP contribution in [0.4, 0.5) is 13.2 Å². The minimum absolute atomic E-state index is 0.0356. The summed E-state index contributed by atoms with van der Waals surface area (Å²) in [6.45, 7) is 1.57. The van der Waals surface area contributed by atoms with Gasteiger partial charge < -0.3 is 10.2 Å². The zero-order valence-corrected chi connectivity index (χ0v) is 11.7. The molecule has 0 aliphatic carbocycles. The maximum atomic E-state index is 13.1. The minimum atomic E-state index is -5.08. The van der Waals surface area contributed by atoms with E-state index in [-0.39, 0.29) is 22.7 Å². The summed E-state index contributed by atoms with van der Waals surface area (Å²) in [6.07, 6.45) is -7.58. The second-order valence-electron chi connectivity index (χ2n) is 4.97. The van der Waals surface area contributed by atoms with E-state index in [1.807, 2.05) is 0 Å². The summed E-state index contributed by atoms with van der Waals surface area (Å²) in [5.41, 5.74) is -3.27. The van der Waals surface area contributed by atoms with Crippen LogP contribution in [0.2, 0.25) is 0 Å². The molecule has 1 aromatic rings. The van der Waals surface area contributed by atoms with Crippen molar-refractivity contribution in [1.82, 2.24) is 5.01 Å². The van der Waals surface area contributed by atoms with Gasteiger partial charge in [-0.1, -0.05) is 37.3 Å². The Labute approximate surface area is 124 Å².